The molecule has 1 aromatic rings. The molecule has 8 heteroatoms. The third-order valence-electron chi connectivity index (χ3n) is 3.45. The Morgan fingerprint density at radius 1 is 1.50 bits per heavy atom. The van der Waals surface area contributed by atoms with Gasteiger partial charge in [0.15, 0.2) is 18.0 Å². The van der Waals surface area contributed by atoms with Crippen LogP contribution >= 0.6 is 0 Å². The van der Waals surface area contributed by atoms with E-state index in [1.807, 2.05) is 0 Å². The van der Waals surface area contributed by atoms with Crippen molar-refractivity contribution in [2.24, 2.45) is 0 Å². The first-order chi connectivity index (χ1) is 9.58. The summed E-state index contributed by atoms with van der Waals surface area (Å²) in [5, 5.41) is 22.6. The van der Waals surface area contributed by atoms with Crippen molar-refractivity contribution in [3.63, 3.8) is 0 Å². The molecule has 1 saturated carbocycles. The van der Waals surface area contributed by atoms with Gasteiger partial charge < -0.3 is 14.9 Å². The van der Waals surface area contributed by atoms with Gasteiger partial charge in [-0.25, -0.2) is 4.79 Å². The minimum Gasteiger partial charge on any atom is -0.479 e. The van der Waals surface area contributed by atoms with E-state index in [2.05, 4.69) is 5.10 Å². The Labute approximate surface area is 114 Å². The molecule has 1 aliphatic heterocycles. The van der Waals surface area contributed by atoms with Crippen LogP contribution in [0.25, 0.3) is 0 Å². The standard InChI is InChI=1S/C12H15N3O5/c16-9(12(18)19)10-11(17)14(5-6-20-10)8-3-4-15(13-8)7-1-2-7/h3-4,7,9-10,16H,1-2,5-6H2,(H,18,19)/t9?,10-/m1/s1. The lowest BCUT2D eigenvalue weighted by Crippen LogP contribution is -2.54. The van der Waals surface area contributed by atoms with Crippen LogP contribution in [0, 0.1) is 0 Å². The van der Waals surface area contributed by atoms with Gasteiger partial charge in [-0.15, -0.1) is 0 Å². The number of carboxylic acid groups (broad SMARTS) is 1. The second kappa shape index (κ2) is 4.88. The van der Waals surface area contributed by atoms with Crippen LogP contribution in [0.1, 0.15) is 18.9 Å². The minimum atomic E-state index is -1.86. The van der Waals surface area contributed by atoms with Crippen LogP contribution < -0.4 is 4.90 Å². The molecule has 0 radical (unpaired) electrons. The summed E-state index contributed by atoms with van der Waals surface area (Å²) in [4.78, 5) is 24.3. The molecule has 2 atom stereocenters. The highest BCUT2D eigenvalue weighted by Gasteiger charge is 2.40. The van der Waals surface area contributed by atoms with Crippen molar-refractivity contribution in [3.05, 3.63) is 12.3 Å². The molecular formula is C12H15N3O5. The first kappa shape index (κ1) is 13.1. The van der Waals surface area contributed by atoms with Crippen LogP contribution in [0.5, 0.6) is 0 Å². The summed E-state index contributed by atoms with van der Waals surface area (Å²) < 4.78 is 6.88. The van der Waals surface area contributed by atoms with Crippen molar-refractivity contribution in [2.75, 3.05) is 18.1 Å². The summed E-state index contributed by atoms with van der Waals surface area (Å²) in [6.45, 7) is 0.459. The molecule has 1 unspecified atom stereocenters. The van der Waals surface area contributed by atoms with Crippen molar-refractivity contribution in [3.8, 4) is 0 Å². The number of hydrogen-bond donors (Lipinski definition) is 2. The molecule has 2 aliphatic rings. The maximum atomic E-state index is 12.2. The number of aliphatic carboxylic acids is 1. The van der Waals surface area contributed by atoms with Crippen LogP contribution in [0.4, 0.5) is 5.82 Å². The summed E-state index contributed by atoms with van der Waals surface area (Å²) >= 11 is 0. The predicted octanol–water partition coefficient (Wildman–Crippen LogP) is -0.605. The van der Waals surface area contributed by atoms with Gasteiger partial charge in [-0.1, -0.05) is 0 Å². The number of nitrogens with zero attached hydrogens (tertiary/aromatic N) is 3. The number of aliphatic hydroxyl groups is 1. The number of anilines is 1. The van der Waals surface area contributed by atoms with Crippen molar-refractivity contribution < 1.29 is 24.5 Å². The lowest BCUT2D eigenvalue weighted by Gasteiger charge is -2.31. The number of carboxylic acids is 1. The van der Waals surface area contributed by atoms with Crippen molar-refractivity contribution >= 4 is 17.7 Å². The molecular weight excluding hydrogens is 266 g/mol. The third kappa shape index (κ3) is 2.27. The van der Waals surface area contributed by atoms with E-state index >= 15 is 0 Å². The van der Waals surface area contributed by atoms with E-state index in [-0.39, 0.29) is 6.61 Å². The Bertz CT molecular complexity index is 539. The van der Waals surface area contributed by atoms with Gasteiger partial charge in [0.1, 0.15) is 0 Å². The van der Waals surface area contributed by atoms with Crippen LogP contribution in [0.3, 0.4) is 0 Å². The Morgan fingerprint density at radius 2 is 2.25 bits per heavy atom. The summed E-state index contributed by atoms with van der Waals surface area (Å²) in [6.07, 6.45) is 0.721. The van der Waals surface area contributed by atoms with Gasteiger partial charge in [0, 0.05) is 12.3 Å². The molecule has 2 fully saturated rings. The topological polar surface area (TPSA) is 105 Å². The lowest BCUT2D eigenvalue weighted by molar-refractivity contribution is -0.163. The number of carbonyl (C=O) groups excluding carboxylic acids is 1. The van der Waals surface area contributed by atoms with Crippen LogP contribution in [0.15, 0.2) is 12.3 Å². The monoisotopic (exact) mass is 281 g/mol. The van der Waals surface area contributed by atoms with Crippen LogP contribution in [-0.4, -0.2) is 57.2 Å². The fourth-order valence-corrected chi connectivity index (χ4v) is 2.20. The van der Waals surface area contributed by atoms with Crippen molar-refractivity contribution in [1.29, 1.82) is 0 Å². The zero-order chi connectivity index (χ0) is 14.3. The van der Waals surface area contributed by atoms with E-state index in [1.54, 1.807) is 16.9 Å². The molecule has 0 aromatic carbocycles. The highest BCUT2D eigenvalue weighted by Crippen LogP contribution is 2.34. The average molecular weight is 281 g/mol. The van der Waals surface area contributed by atoms with Crippen molar-refractivity contribution in [1.82, 2.24) is 9.78 Å². The van der Waals surface area contributed by atoms with Gasteiger partial charge in [-0.3, -0.25) is 14.4 Å². The molecule has 1 aliphatic carbocycles. The number of carbonyl (C=O) groups is 2. The Kier molecular flexibility index (Phi) is 3.19. The normalized spacial score (nSPS) is 24.8. The van der Waals surface area contributed by atoms with Gasteiger partial charge in [0.05, 0.1) is 19.2 Å². The van der Waals surface area contributed by atoms with Gasteiger partial charge >= 0.3 is 5.97 Å². The van der Waals surface area contributed by atoms with Gasteiger partial charge in [0.25, 0.3) is 5.91 Å². The molecule has 8 nitrogen and oxygen atoms in total. The fourth-order valence-electron chi connectivity index (χ4n) is 2.20. The van der Waals surface area contributed by atoms with Crippen molar-refractivity contribution in [2.45, 2.75) is 31.1 Å². The number of morpholine rings is 1. The number of aromatic nitrogens is 2. The number of ether oxygens (including phenoxy) is 1. The second-order valence-electron chi connectivity index (χ2n) is 4.95. The first-order valence-electron chi connectivity index (χ1n) is 6.47. The number of rotatable bonds is 4. The van der Waals surface area contributed by atoms with E-state index in [9.17, 15) is 14.7 Å². The Morgan fingerprint density at radius 3 is 2.90 bits per heavy atom. The predicted molar refractivity (Wildman–Crippen MR) is 66.2 cm³/mol. The van der Waals surface area contributed by atoms with Crippen LogP contribution in [0.2, 0.25) is 0 Å². The molecule has 2 heterocycles. The molecule has 108 valence electrons. The minimum absolute atomic E-state index is 0.164. The molecule has 3 rings (SSSR count). The van der Waals surface area contributed by atoms with Gasteiger partial charge in [0.2, 0.25) is 0 Å². The first-order valence-corrected chi connectivity index (χ1v) is 6.47. The zero-order valence-electron chi connectivity index (χ0n) is 10.7. The smallest absolute Gasteiger partial charge is 0.335 e. The molecule has 1 amide bonds. The molecule has 1 aromatic heterocycles. The van der Waals surface area contributed by atoms with Crippen LogP contribution in [-0.2, 0) is 14.3 Å². The SMILES string of the molecule is O=C(O)C(O)[C@H]1OCCN(c2ccn(C3CC3)n2)C1=O. The number of hydrogen-bond acceptors (Lipinski definition) is 5. The van der Waals surface area contributed by atoms with Gasteiger partial charge in [-0.05, 0) is 12.8 Å². The zero-order valence-corrected chi connectivity index (χ0v) is 10.7. The second-order valence-corrected chi connectivity index (χ2v) is 4.95. The van der Waals surface area contributed by atoms with E-state index < -0.39 is 24.1 Å². The highest BCUT2D eigenvalue weighted by atomic mass is 16.5. The summed E-state index contributed by atoms with van der Waals surface area (Å²) in [5.41, 5.74) is 0. The maximum Gasteiger partial charge on any atom is 0.335 e. The molecule has 0 bridgehead atoms. The molecule has 1 saturated heterocycles. The molecule has 20 heavy (non-hydrogen) atoms. The summed E-state index contributed by atoms with van der Waals surface area (Å²) in [6, 6.07) is 2.12. The lowest BCUT2D eigenvalue weighted by atomic mass is 10.1. The van der Waals surface area contributed by atoms with E-state index in [0.717, 1.165) is 12.8 Å². The maximum absolute atomic E-state index is 12.2. The fraction of sp³-hybridized carbons (Fsp3) is 0.583. The number of aliphatic hydroxyl groups excluding tert-OH is 1. The highest BCUT2D eigenvalue weighted by molar-refractivity contribution is 5.99. The quantitative estimate of drug-likeness (QED) is 0.763. The Balaban J connectivity index is 1.78. The average Bonchev–Trinajstić information content (AvgIpc) is 3.17. The molecule has 2 N–H and O–H groups in total. The third-order valence-corrected chi connectivity index (χ3v) is 3.45. The van der Waals surface area contributed by atoms with E-state index in [4.69, 9.17) is 9.84 Å². The van der Waals surface area contributed by atoms with Gasteiger partial charge in [-0.2, -0.15) is 5.10 Å². The largest absolute Gasteiger partial charge is 0.479 e. The summed E-state index contributed by atoms with van der Waals surface area (Å²) in [7, 11) is 0. The Hall–Kier alpha value is -1.93. The van der Waals surface area contributed by atoms with E-state index in [1.165, 1.54) is 4.90 Å². The molecule has 0 spiro atoms. The summed E-state index contributed by atoms with van der Waals surface area (Å²) in [5.74, 6) is -1.59. The van der Waals surface area contributed by atoms with E-state index in [0.29, 0.717) is 18.4 Å². The number of amides is 1.